The summed E-state index contributed by atoms with van der Waals surface area (Å²) in [6.07, 6.45) is 4.45. The number of fused-ring (bicyclic) bond motifs is 3. The average Bonchev–Trinajstić information content (AvgIpc) is 3.44. The molecule has 6 rings (SSSR count). The number of ether oxygens (including phenoxy) is 1. The second-order valence-corrected chi connectivity index (χ2v) is 9.21. The summed E-state index contributed by atoms with van der Waals surface area (Å²) in [5.74, 6) is -0.796. The van der Waals surface area contributed by atoms with Gasteiger partial charge in [-0.1, -0.05) is 23.2 Å². The summed E-state index contributed by atoms with van der Waals surface area (Å²) in [5.41, 5.74) is 4.53. The fourth-order valence-corrected chi connectivity index (χ4v) is 4.73. The normalized spacial score (nSPS) is 15.0. The smallest absolute Gasteiger partial charge is 0.253 e. The lowest BCUT2D eigenvalue weighted by molar-refractivity contribution is 0.0926. The van der Waals surface area contributed by atoms with Crippen LogP contribution in [-0.2, 0) is 17.9 Å². The standard InChI is InChI=1S/C26H17Cl2FN4O2/c27-17-1-2-22-13(4-17)3-15(9-30-22)25-19-6-16(10-31-24(19)12-35-25)26(34)33-8-14-5-18-20(28)11-32-23(18)7-21(14)29/h1-7,9-11,25,32H,8,12H2,(H,33,34). The molecule has 35 heavy (non-hydrogen) atoms. The number of carbonyl (C=O) groups excluding carboxylic acids is 1. The Hall–Kier alpha value is -3.52. The lowest BCUT2D eigenvalue weighted by Gasteiger charge is -2.13. The molecule has 6 nitrogen and oxygen atoms in total. The quantitative estimate of drug-likeness (QED) is 0.308. The van der Waals surface area contributed by atoms with Crippen LogP contribution in [0.4, 0.5) is 4.39 Å². The maximum Gasteiger partial charge on any atom is 0.253 e. The van der Waals surface area contributed by atoms with Gasteiger partial charge in [-0.2, -0.15) is 0 Å². The molecular formula is C26H17Cl2FN4O2. The van der Waals surface area contributed by atoms with Gasteiger partial charge in [-0.05, 0) is 42.5 Å². The minimum atomic E-state index is -0.430. The van der Waals surface area contributed by atoms with E-state index in [-0.39, 0.29) is 12.5 Å². The first-order valence-corrected chi connectivity index (χ1v) is 11.6. The minimum Gasteiger partial charge on any atom is -0.362 e. The maximum atomic E-state index is 14.5. The molecule has 0 radical (unpaired) electrons. The molecule has 3 aromatic heterocycles. The van der Waals surface area contributed by atoms with Gasteiger partial charge in [0.2, 0.25) is 0 Å². The molecule has 0 saturated heterocycles. The summed E-state index contributed by atoms with van der Waals surface area (Å²) in [4.78, 5) is 24.7. The van der Waals surface area contributed by atoms with E-state index < -0.39 is 11.9 Å². The second-order valence-electron chi connectivity index (χ2n) is 8.37. The summed E-state index contributed by atoms with van der Waals surface area (Å²) in [5, 5.41) is 5.48. The van der Waals surface area contributed by atoms with E-state index in [9.17, 15) is 9.18 Å². The van der Waals surface area contributed by atoms with Crippen molar-refractivity contribution in [3.8, 4) is 0 Å². The van der Waals surface area contributed by atoms with E-state index in [0.29, 0.717) is 38.7 Å². The minimum absolute atomic E-state index is 0.00842. The van der Waals surface area contributed by atoms with E-state index in [1.807, 2.05) is 18.2 Å². The zero-order valence-corrected chi connectivity index (χ0v) is 19.6. The van der Waals surface area contributed by atoms with E-state index in [2.05, 4.69) is 20.3 Å². The number of nitrogens with zero attached hydrogens (tertiary/aromatic N) is 2. The lowest BCUT2D eigenvalue weighted by Crippen LogP contribution is -2.23. The van der Waals surface area contributed by atoms with Crippen LogP contribution in [0.3, 0.4) is 0 Å². The molecular weight excluding hydrogens is 490 g/mol. The zero-order valence-electron chi connectivity index (χ0n) is 18.1. The van der Waals surface area contributed by atoms with Crippen LogP contribution in [0.5, 0.6) is 0 Å². The fraction of sp³-hybridized carbons (Fsp3) is 0.115. The van der Waals surface area contributed by atoms with Crippen LogP contribution in [0.2, 0.25) is 10.0 Å². The Morgan fingerprint density at radius 2 is 2.03 bits per heavy atom. The van der Waals surface area contributed by atoms with Gasteiger partial charge in [0.05, 0.1) is 28.4 Å². The summed E-state index contributed by atoms with van der Waals surface area (Å²) in [7, 11) is 0. The topological polar surface area (TPSA) is 79.9 Å². The van der Waals surface area contributed by atoms with Gasteiger partial charge in [0.25, 0.3) is 5.91 Å². The first kappa shape index (κ1) is 22.0. The molecule has 0 spiro atoms. The van der Waals surface area contributed by atoms with Crippen LogP contribution in [0.15, 0.2) is 61.1 Å². The van der Waals surface area contributed by atoms with Gasteiger partial charge in [0, 0.05) is 63.1 Å². The van der Waals surface area contributed by atoms with Gasteiger partial charge in [-0.25, -0.2) is 4.39 Å². The monoisotopic (exact) mass is 506 g/mol. The third-order valence-corrected chi connectivity index (χ3v) is 6.69. The van der Waals surface area contributed by atoms with E-state index in [0.717, 1.165) is 27.7 Å². The van der Waals surface area contributed by atoms with E-state index in [1.165, 1.54) is 12.3 Å². The summed E-state index contributed by atoms with van der Waals surface area (Å²) >= 11 is 12.3. The number of benzene rings is 2. The summed E-state index contributed by atoms with van der Waals surface area (Å²) < 4.78 is 20.5. The molecule has 0 aliphatic carbocycles. The van der Waals surface area contributed by atoms with Crippen molar-refractivity contribution in [2.24, 2.45) is 0 Å². The van der Waals surface area contributed by atoms with Crippen LogP contribution in [0, 0.1) is 5.82 Å². The molecule has 0 bridgehead atoms. The number of rotatable bonds is 4. The molecule has 1 aliphatic heterocycles. The lowest BCUT2D eigenvalue weighted by atomic mass is 10.0. The molecule has 1 aliphatic rings. The predicted molar refractivity (Wildman–Crippen MR) is 132 cm³/mol. The molecule has 2 aromatic carbocycles. The highest BCUT2D eigenvalue weighted by Gasteiger charge is 2.28. The van der Waals surface area contributed by atoms with Crippen LogP contribution in [0.1, 0.15) is 38.8 Å². The van der Waals surface area contributed by atoms with Crippen molar-refractivity contribution in [2.45, 2.75) is 19.3 Å². The number of aromatic nitrogens is 3. The van der Waals surface area contributed by atoms with Crippen molar-refractivity contribution in [1.82, 2.24) is 20.3 Å². The first-order valence-electron chi connectivity index (χ1n) is 10.8. The van der Waals surface area contributed by atoms with E-state index in [4.69, 9.17) is 27.9 Å². The number of carbonyl (C=O) groups is 1. The molecule has 1 amide bonds. The zero-order chi connectivity index (χ0) is 24.1. The molecule has 2 N–H and O–H groups in total. The van der Waals surface area contributed by atoms with Gasteiger partial charge in [0.1, 0.15) is 11.9 Å². The number of hydrogen-bond acceptors (Lipinski definition) is 4. The van der Waals surface area contributed by atoms with E-state index in [1.54, 1.807) is 30.6 Å². The van der Waals surface area contributed by atoms with Crippen LogP contribution >= 0.6 is 23.2 Å². The largest absolute Gasteiger partial charge is 0.362 e. The molecule has 9 heteroatoms. The molecule has 4 heterocycles. The molecule has 174 valence electrons. The van der Waals surface area contributed by atoms with Crippen LogP contribution in [-0.4, -0.2) is 20.9 Å². The van der Waals surface area contributed by atoms with Gasteiger partial charge >= 0.3 is 0 Å². The van der Waals surface area contributed by atoms with Gasteiger partial charge in [0.15, 0.2) is 0 Å². The molecule has 1 atom stereocenters. The SMILES string of the molecule is O=C(NCc1cc2c(Cl)c[nH]c2cc1F)c1cnc2c(c1)C(c1cnc3ccc(Cl)cc3c1)OC2. The summed E-state index contributed by atoms with van der Waals surface area (Å²) in [6, 6.07) is 12.2. The van der Waals surface area contributed by atoms with Crippen molar-refractivity contribution in [3.05, 3.63) is 105 Å². The number of amides is 1. The third-order valence-electron chi connectivity index (χ3n) is 6.14. The number of pyridine rings is 2. The van der Waals surface area contributed by atoms with Gasteiger partial charge in [-0.3, -0.25) is 14.8 Å². The fourth-order valence-electron chi connectivity index (χ4n) is 4.34. The van der Waals surface area contributed by atoms with Gasteiger partial charge < -0.3 is 15.0 Å². The predicted octanol–water partition coefficient (Wildman–Crippen LogP) is 6.11. The Morgan fingerprint density at radius 1 is 1.14 bits per heavy atom. The average molecular weight is 507 g/mol. The highest BCUT2D eigenvalue weighted by molar-refractivity contribution is 6.35. The summed E-state index contributed by atoms with van der Waals surface area (Å²) in [6.45, 7) is 0.340. The van der Waals surface area contributed by atoms with Crippen molar-refractivity contribution in [2.75, 3.05) is 0 Å². The third kappa shape index (κ3) is 4.01. The highest BCUT2D eigenvalue weighted by Crippen LogP contribution is 2.36. The Balaban J connectivity index is 1.25. The van der Waals surface area contributed by atoms with Crippen molar-refractivity contribution in [1.29, 1.82) is 0 Å². The molecule has 5 aromatic rings. The molecule has 0 saturated carbocycles. The Bertz CT molecular complexity index is 1640. The first-order chi connectivity index (χ1) is 17.0. The van der Waals surface area contributed by atoms with Crippen LogP contribution in [0.25, 0.3) is 21.8 Å². The molecule has 1 unspecified atom stereocenters. The Labute approximate surface area is 209 Å². The van der Waals surface area contributed by atoms with Crippen molar-refractivity contribution >= 4 is 50.9 Å². The number of H-pyrrole nitrogens is 1. The van der Waals surface area contributed by atoms with Crippen molar-refractivity contribution in [3.63, 3.8) is 0 Å². The number of hydrogen-bond donors (Lipinski definition) is 2. The number of halogens is 3. The Kier molecular flexibility index (Phi) is 5.40. The number of nitrogens with one attached hydrogen (secondary N) is 2. The maximum absolute atomic E-state index is 14.5. The van der Waals surface area contributed by atoms with E-state index >= 15 is 0 Å². The number of aromatic amines is 1. The molecule has 0 fully saturated rings. The Morgan fingerprint density at radius 3 is 2.91 bits per heavy atom. The highest BCUT2D eigenvalue weighted by atomic mass is 35.5. The van der Waals surface area contributed by atoms with Crippen LogP contribution < -0.4 is 5.32 Å². The van der Waals surface area contributed by atoms with Gasteiger partial charge in [-0.15, -0.1) is 0 Å². The van der Waals surface area contributed by atoms with Crippen molar-refractivity contribution < 1.29 is 13.9 Å². The second kappa shape index (κ2) is 8.61.